The number of aliphatic hydroxyl groups excluding tert-OH is 2. The topological polar surface area (TPSA) is 95.9 Å². The van der Waals surface area contributed by atoms with Crippen LogP contribution in [0.2, 0.25) is 0 Å². The number of hydrogen-bond acceptors (Lipinski definition) is 5. The lowest BCUT2D eigenvalue weighted by Crippen LogP contribution is -2.45. The molecule has 6 heteroatoms. The van der Waals surface area contributed by atoms with Crippen LogP contribution in [0.5, 0.6) is 0 Å². The summed E-state index contributed by atoms with van der Waals surface area (Å²) in [6, 6.07) is -0.627. The Labute approximate surface area is 614 Å². The van der Waals surface area contributed by atoms with E-state index in [1.54, 1.807) is 6.08 Å². The monoisotopic (exact) mass is 1380 g/mol. The predicted octanol–water partition coefficient (Wildman–Crippen LogP) is 30.5. The van der Waals surface area contributed by atoms with Crippen molar-refractivity contribution in [1.29, 1.82) is 0 Å². The molecule has 0 aromatic carbocycles. The number of hydrogen-bond donors (Lipinski definition) is 3. The molecule has 0 heterocycles. The number of ether oxygens (including phenoxy) is 1. The highest BCUT2D eigenvalue weighted by atomic mass is 16.5. The molecule has 98 heavy (non-hydrogen) atoms. The zero-order valence-electron chi connectivity index (χ0n) is 66.8. The first-order valence-corrected chi connectivity index (χ1v) is 45.3. The summed E-state index contributed by atoms with van der Waals surface area (Å²) in [4.78, 5) is 24.7. The summed E-state index contributed by atoms with van der Waals surface area (Å²) < 4.78 is 5.53. The third-order valence-electron chi connectivity index (χ3n) is 21.4. The molecule has 1 amide bonds. The SMILES string of the molecule is CCCCCCCCCCCCCCCCCCCCCCC/C=C/C(O)C(CO)NC(=O)CCCCCCCCCCCCCCCCCCC/C=C\C/C=C\CCCCCCCCCCCCCCCCCOC(=O)CCCCCCCCCCCCCCCCCCCCC. The van der Waals surface area contributed by atoms with Crippen molar-refractivity contribution in [1.82, 2.24) is 5.32 Å². The first-order valence-electron chi connectivity index (χ1n) is 45.3. The minimum atomic E-state index is -0.844. The van der Waals surface area contributed by atoms with Crippen molar-refractivity contribution in [3.63, 3.8) is 0 Å². The lowest BCUT2D eigenvalue weighted by atomic mass is 10.0. The molecule has 2 atom stereocenters. The molecule has 0 aromatic heterocycles. The van der Waals surface area contributed by atoms with Crippen LogP contribution in [0.1, 0.15) is 515 Å². The fraction of sp³-hybridized carbons (Fsp3) is 0.913. The Hall–Kier alpha value is -1.92. The van der Waals surface area contributed by atoms with E-state index in [-0.39, 0.29) is 18.5 Å². The summed E-state index contributed by atoms with van der Waals surface area (Å²) in [6.45, 7) is 4.97. The Morgan fingerprint density at radius 2 is 0.510 bits per heavy atom. The van der Waals surface area contributed by atoms with E-state index in [2.05, 4.69) is 43.5 Å². The van der Waals surface area contributed by atoms with Crippen molar-refractivity contribution < 1.29 is 24.5 Å². The average Bonchev–Trinajstić information content (AvgIpc) is 1.53. The Morgan fingerprint density at radius 3 is 0.776 bits per heavy atom. The molecule has 0 fully saturated rings. The molecular formula is C92H177NO5. The van der Waals surface area contributed by atoms with Crippen LogP contribution < -0.4 is 5.32 Å². The highest BCUT2D eigenvalue weighted by Gasteiger charge is 2.18. The number of unbranched alkanes of at least 4 members (excludes halogenated alkanes) is 71. The molecule has 3 N–H and O–H groups in total. The molecule has 0 rings (SSSR count). The molecule has 6 nitrogen and oxygen atoms in total. The molecule has 0 aromatic rings. The summed E-state index contributed by atoms with van der Waals surface area (Å²) in [7, 11) is 0. The molecule has 0 bridgehead atoms. The number of rotatable bonds is 86. The number of carbonyl (C=O) groups is 2. The zero-order chi connectivity index (χ0) is 70.5. The highest BCUT2D eigenvalue weighted by molar-refractivity contribution is 5.76. The molecule has 0 saturated heterocycles. The molecule has 2 unspecified atom stereocenters. The molecule has 0 saturated carbocycles. The van der Waals surface area contributed by atoms with E-state index in [1.807, 2.05) is 6.08 Å². The van der Waals surface area contributed by atoms with Gasteiger partial charge in [-0.15, -0.1) is 0 Å². The van der Waals surface area contributed by atoms with E-state index in [0.29, 0.717) is 19.4 Å². The first-order chi connectivity index (χ1) is 48.5. The molecule has 0 aliphatic heterocycles. The Morgan fingerprint density at radius 1 is 0.286 bits per heavy atom. The van der Waals surface area contributed by atoms with Gasteiger partial charge >= 0.3 is 5.97 Å². The van der Waals surface area contributed by atoms with E-state index in [1.165, 1.54) is 443 Å². The van der Waals surface area contributed by atoms with Crippen LogP contribution in [0.4, 0.5) is 0 Å². The summed E-state index contributed by atoms with van der Waals surface area (Å²) in [5.74, 6) is -0.0333. The van der Waals surface area contributed by atoms with Gasteiger partial charge in [0.05, 0.1) is 25.4 Å². The van der Waals surface area contributed by atoms with Crippen LogP contribution >= 0.6 is 0 Å². The second-order valence-electron chi connectivity index (χ2n) is 31.3. The Balaban J connectivity index is 3.36. The number of amides is 1. The molecule has 0 aliphatic rings. The fourth-order valence-corrected chi connectivity index (χ4v) is 14.6. The van der Waals surface area contributed by atoms with Gasteiger partial charge in [0.15, 0.2) is 0 Å². The van der Waals surface area contributed by atoms with Crippen LogP contribution in [0.15, 0.2) is 36.5 Å². The lowest BCUT2D eigenvalue weighted by Gasteiger charge is -2.20. The van der Waals surface area contributed by atoms with Gasteiger partial charge in [-0.3, -0.25) is 9.59 Å². The van der Waals surface area contributed by atoms with Crippen molar-refractivity contribution in [2.75, 3.05) is 13.2 Å². The van der Waals surface area contributed by atoms with Gasteiger partial charge in [-0.2, -0.15) is 0 Å². The Kier molecular flexibility index (Phi) is 85.8. The highest BCUT2D eigenvalue weighted by Crippen LogP contribution is 2.21. The van der Waals surface area contributed by atoms with E-state index < -0.39 is 12.1 Å². The molecule has 0 radical (unpaired) electrons. The fourth-order valence-electron chi connectivity index (χ4n) is 14.6. The molecule has 0 spiro atoms. The normalized spacial score (nSPS) is 12.6. The van der Waals surface area contributed by atoms with Crippen molar-refractivity contribution >= 4 is 11.9 Å². The number of esters is 1. The van der Waals surface area contributed by atoms with Gasteiger partial charge in [-0.25, -0.2) is 0 Å². The third kappa shape index (κ3) is 83.0. The minimum absolute atomic E-state index is 0.0261. The van der Waals surface area contributed by atoms with E-state index in [4.69, 9.17) is 4.74 Å². The van der Waals surface area contributed by atoms with E-state index >= 15 is 0 Å². The molecule has 0 aliphatic carbocycles. The van der Waals surface area contributed by atoms with Crippen LogP contribution in [-0.4, -0.2) is 47.4 Å². The van der Waals surface area contributed by atoms with Gasteiger partial charge in [0.1, 0.15) is 0 Å². The average molecular weight is 1380 g/mol. The van der Waals surface area contributed by atoms with Gasteiger partial charge in [-0.1, -0.05) is 474 Å². The standard InChI is InChI=1S/C92H177NO5/c1-3-5-7-9-11-13-15-17-19-21-23-24-42-45-49-52-56-60-64-68-72-76-80-84-90(95)89(88-94)93-91(96)85-81-77-73-69-65-61-57-53-50-46-43-40-38-36-34-32-30-28-26-25-27-29-31-33-35-37-39-41-44-47-51-55-59-63-67-71-75-79-83-87-98-92(97)86-82-78-74-70-66-62-58-54-48-22-20-18-16-14-12-10-8-6-4-2/h25-26,29,31,80,84,89-90,94-95H,3-24,27-28,30,32-79,81-83,85-88H2,1-2H3,(H,93,96)/b26-25-,31-29-,84-80+. The quantitative estimate of drug-likeness (QED) is 0.0320. The predicted molar refractivity (Wildman–Crippen MR) is 435 cm³/mol. The van der Waals surface area contributed by atoms with Crippen LogP contribution in [0.3, 0.4) is 0 Å². The first kappa shape index (κ1) is 96.1. The third-order valence-corrected chi connectivity index (χ3v) is 21.4. The van der Waals surface area contributed by atoms with Crippen molar-refractivity contribution in [2.45, 2.75) is 527 Å². The number of allylic oxidation sites excluding steroid dienone is 5. The maximum Gasteiger partial charge on any atom is 0.305 e. The van der Waals surface area contributed by atoms with E-state index in [9.17, 15) is 19.8 Å². The summed E-state index contributed by atoms with van der Waals surface area (Å²) in [6.07, 6.45) is 116. The van der Waals surface area contributed by atoms with E-state index in [0.717, 1.165) is 44.9 Å². The minimum Gasteiger partial charge on any atom is -0.466 e. The maximum atomic E-state index is 12.6. The van der Waals surface area contributed by atoms with Crippen LogP contribution in [0.25, 0.3) is 0 Å². The Bertz CT molecular complexity index is 1590. The van der Waals surface area contributed by atoms with Crippen molar-refractivity contribution in [3.05, 3.63) is 36.5 Å². The smallest absolute Gasteiger partial charge is 0.305 e. The largest absolute Gasteiger partial charge is 0.466 e. The van der Waals surface area contributed by atoms with Crippen molar-refractivity contribution in [2.24, 2.45) is 0 Å². The number of carbonyl (C=O) groups excluding carboxylic acids is 2. The number of aliphatic hydroxyl groups is 2. The number of nitrogens with one attached hydrogen (secondary N) is 1. The lowest BCUT2D eigenvalue weighted by molar-refractivity contribution is -0.143. The summed E-state index contributed by atoms with van der Waals surface area (Å²) in [5, 5.41) is 23.3. The summed E-state index contributed by atoms with van der Waals surface area (Å²) >= 11 is 0. The van der Waals surface area contributed by atoms with Gasteiger partial charge in [0, 0.05) is 12.8 Å². The second-order valence-corrected chi connectivity index (χ2v) is 31.3. The van der Waals surface area contributed by atoms with Crippen LogP contribution in [0, 0.1) is 0 Å². The van der Waals surface area contributed by atoms with Gasteiger partial charge in [-0.05, 0) is 64.2 Å². The second kappa shape index (κ2) is 87.5. The molecule has 580 valence electrons. The summed E-state index contributed by atoms with van der Waals surface area (Å²) in [5.41, 5.74) is 0. The van der Waals surface area contributed by atoms with Gasteiger partial charge < -0.3 is 20.3 Å². The molecular weight excluding hydrogens is 1200 g/mol. The van der Waals surface area contributed by atoms with Gasteiger partial charge in [0.25, 0.3) is 0 Å². The van der Waals surface area contributed by atoms with Gasteiger partial charge in [0.2, 0.25) is 5.91 Å². The maximum absolute atomic E-state index is 12.6. The zero-order valence-corrected chi connectivity index (χ0v) is 66.8. The van der Waals surface area contributed by atoms with Crippen LogP contribution in [-0.2, 0) is 14.3 Å². The van der Waals surface area contributed by atoms with Crippen molar-refractivity contribution in [3.8, 4) is 0 Å².